The van der Waals surface area contributed by atoms with Crippen molar-refractivity contribution in [2.45, 2.75) is 12.2 Å². The van der Waals surface area contributed by atoms with E-state index in [4.69, 9.17) is 9.47 Å². The van der Waals surface area contributed by atoms with Gasteiger partial charge in [-0.3, -0.25) is 9.89 Å². The normalized spacial score (nSPS) is 21.7. The van der Waals surface area contributed by atoms with Crippen LogP contribution in [0.25, 0.3) is 10.4 Å². The van der Waals surface area contributed by atoms with Crippen LogP contribution in [-0.4, -0.2) is 55.1 Å². The first-order valence-electron chi connectivity index (χ1n) is 7.26. The Hall–Kier alpha value is -2.20. The number of methoxy groups -OCH3 is 1. The summed E-state index contributed by atoms with van der Waals surface area (Å²) in [5.41, 5.74) is 0.996. The van der Waals surface area contributed by atoms with Crippen molar-refractivity contribution in [1.29, 1.82) is 0 Å². The number of halogens is 2. The van der Waals surface area contributed by atoms with Crippen molar-refractivity contribution in [3.8, 4) is 16.2 Å². The molecule has 0 fully saturated rings. The Bertz CT molecular complexity index is 777. The van der Waals surface area contributed by atoms with Gasteiger partial charge in [0.2, 0.25) is 0 Å². The molecular formula is C14H14F2N4O3S. The van der Waals surface area contributed by atoms with Gasteiger partial charge in [-0.1, -0.05) is 0 Å². The molecule has 2 aromatic rings. The molecule has 2 aromatic heterocycles. The van der Waals surface area contributed by atoms with E-state index in [9.17, 15) is 13.6 Å². The number of rotatable bonds is 3. The fraction of sp³-hybridized carbons (Fsp3) is 0.429. The SMILES string of the molecule is COCC1CNC(=O)c2sc(-c3cn[nH]c3)c3c2N1CC(F)(F)O3. The highest BCUT2D eigenvalue weighted by Gasteiger charge is 2.48. The van der Waals surface area contributed by atoms with Gasteiger partial charge >= 0.3 is 6.11 Å². The van der Waals surface area contributed by atoms with Crippen molar-refractivity contribution in [1.82, 2.24) is 15.5 Å². The van der Waals surface area contributed by atoms with E-state index in [0.29, 0.717) is 21.0 Å². The molecule has 0 saturated heterocycles. The third-order valence-electron chi connectivity index (χ3n) is 4.00. The highest BCUT2D eigenvalue weighted by atomic mass is 32.1. The van der Waals surface area contributed by atoms with E-state index in [1.807, 2.05) is 0 Å². The molecule has 0 radical (unpaired) electrons. The van der Waals surface area contributed by atoms with E-state index in [0.717, 1.165) is 11.3 Å². The van der Waals surface area contributed by atoms with Crippen molar-refractivity contribution in [2.24, 2.45) is 0 Å². The summed E-state index contributed by atoms with van der Waals surface area (Å²) in [5, 5.41) is 9.25. The molecule has 24 heavy (non-hydrogen) atoms. The molecule has 2 aliphatic rings. The largest absolute Gasteiger partial charge is 0.427 e. The summed E-state index contributed by atoms with van der Waals surface area (Å²) in [6.07, 6.45) is -0.275. The second-order valence-corrected chi connectivity index (χ2v) is 6.63. The number of H-pyrrole nitrogens is 1. The molecule has 1 atom stereocenters. The van der Waals surface area contributed by atoms with Gasteiger partial charge in [-0.15, -0.1) is 11.3 Å². The second kappa shape index (κ2) is 5.42. The first-order chi connectivity index (χ1) is 11.5. The van der Waals surface area contributed by atoms with Crippen LogP contribution in [-0.2, 0) is 4.74 Å². The summed E-state index contributed by atoms with van der Waals surface area (Å²) in [6, 6.07) is -0.402. The predicted octanol–water partition coefficient (Wildman–Crippen LogP) is 1.69. The molecule has 0 aliphatic carbocycles. The molecule has 4 rings (SSSR count). The minimum Gasteiger partial charge on any atom is -0.427 e. The topological polar surface area (TPSA) is 79.5 Å². The molecule has 0 aromatic carbocycles. The average molecular weight is 356 g/mol. The van der Waals surface area contributed by atoms with Crippen LogP contribution in [0.2, 0.25) is 0 Å². The lowest BCUT2D eigenvalue weighted by Gasteiger charge is -2.38. The van der Waals surface area contributed by atoms with Crippen molar-refractivity contribution < 1.29 is 23.0 Å². The summed E-state index contributed by atoms with van der Waals surface area (Å²) in [5.74, 6) is -0.283. The first-order valence-corrected chi connectivity index (χ1v) is 8.08. The number of nitrogens with one attached hydrogen (secondary N) is 2. The van der Waals surface area contributed by atoms with Gasteiger partial charge in [0.15, 0.2) is 5.75 Å². The minimum absolute atomic E-state index is 0.0193. The Labute approximate surface area is 139 Å². The summed E-state index contributed by atoms with van der Waals surface area (Å²) in [7, 11) is 1.50. The Kier molecular flexibility index (Phi) is 3.46. The van der Waals surface area contributed by atoms with Crippen LogP contribution in [0.5, 0.6) is 5.75 Å². The molecule has 10 heteroatoms. The number of alkyl halides is 2. The second-order valence-electron chi connectivity index (χ2n) is 5.61. The van der Waals surface area contributed by atoms with Crippen LogP contribution in [0.4, 0.5) is 14.5 Å². The van der Waals surface area contributed by atoms with Crippen LogP contribution < -0.4 is 15.0 Å². The molecule has 1 unspecified atom stereocenters. The Balaban J connectivity index is 1.92. The zero-order valence-corrected chi connectivity index (χ0v) is 13.5. The van der Waals surface area contributed by atoms with E-state index in [2.05, 4.69) is 15.5 Å². The van der Waals surface area contributed by atoms with Crippen LogP contribution in [0.1, 0.15) is 9.67 Å². The van der Waals surface area contributed by atoms with Crippen molar-refractivity contribution in [3.63, 3.8) is 0 Å². The highest BCUT2D eigenvalue weighted by molar-refractivity contribution is 7.18. The van der Waals surface area contributed by atoms with Crippen molar-refractivity contribution in [3.05, 3.63) is 17.3 Å². The number of hydrogen-bond acceptors (Lipinski definition) is 6. The standard InChI is InChI=1S/C14H14F2N4O3S/c1-22-5-8-4-17-13(21)12-9-10(23-14(15,16)6-20(8)9)11(24-12)7-2-18-19-3-7/h2-3,8H,4-6H2,1H3,(H,17,21)(H,18,19). The summed E-state index contributed by atoms with van der Waals surface area (Å²) >= 11 is 1.12. The van der Waals surface area contributed by atoms with Gasteiger partial charge in [0.25, 0.3) is 5.91 Å². The number of aromatic nitrogens is 2. The molecule has 0 bridgehead atoms. The summed E-state index contributed by atoms with van der Waals surface area (Å²) in [6.45, 7) is -0.186. The zero-order chi connectivity index (χ0) is 16.9. The Morgan fingerprint density at radius 1 is 1.54 bits per heavy atom. The van der Waals surface area contributed by atoms with Gasteiger partial charge < -0.3 is 19.7 Å². The highest BCUT2D eigenvalue weighted by Crippen LogP contribution is 2.53. The van der Waals surface area contributed by atoms with Gasteiger partial charge in [0.05, 0.1) is 23.7 Å². The maximum Gasteiger partial charge on any atom is 0.416 e. The predicted molar refractivity (Wildman–Crippen MR) is 82.8 cm³/mol. The fourth-order valence-corrected chi connectivity index (χ4v) is 4.13. The third kappa shape index (κ3) is 2.33. The van der Waals surface area contributed by atoms with Gasteiger partial charge in [-0.2, -0.15) is 13.9 Å². The minimum atomic E-state index is -3.36. The van der Waals surface area contributed by atoms with E-state index in [-0.39, 0.29) is 24.8 Å². The van der Waals surface area contributed by atoms with Gasteiger partial charge in [-0.25, -0.2) is 0 Å². The lowest BCUT2D eigenvalue weighted by Crippen LogP contribution is -2.52. The quantitative estimate of drug-likeness (QED) is 0.875. The third-order valence-corrected chi connectivity index (χ3v) is 5.21. The zero-order valence-electron chi connectivity index (χ0n) is 12.6. The monoisotopic (exact) mass is 356 g/mol. The molecule has 0 spiro atoms. The first kappa shape index (κ1) is 15.3. The Morgan fingerprint density at radius 3 is 3.08 bits per heavy atom. The van der Waals surface area contributed by atoms with E-state index < -0.39 is 18.7 Å². The number of amides is 1. The number of nitrogens with zero attached hydrogens (tertiary/aromatic N) is 2. The Morgan fingerprint density at radius 2 is 2.38 bits per heavy atom. The number of hydrogen-bond donors (Lipinski definition) is 2. The number of thiophene rings is 1. The summed E-state index contributed by atoms with van der Waals surface area (Å²) in [4.78, 5) is 14.7. The van der Waals surface area contributed by atoms with Gasteiger partial charge in [0.1, 0.15) is 17.1 Å². The smallest absolute Gasteiger partial charge is 0.416 e. The van der Waals surface area contributed by atoms with Gasteiger partial charge in [-0.05, 0) is 0 Å². The molecule has 4 heterocycles. The molecule has 1 amide bonds. The van der Waals surface area contributed by atoms with Crippen LogP contribution >= 0.6 is 11.3 Å². The number of aromatic amines is 1. The number of anilines is 1. The molecule has 2 N–H and O–H groups in total. The van der Waals surface area contributed by atoms with Crippen LogP contribution in [0.15, 0.2) is 12.4 Å². The molecule has 2 aliphatic heterocycles. The van der Waals surface area contributed by atoms with Gasteiger partial charge in [0, 0.05) is 25.4 Å². The van der Waals surface area contributed by atoms with E-state index >= 15 is 0 Å². The van der Waals surface area contributed by atoms with E-state index in [1.165, 1.54) is 18.2 Å². The van der Waals surface area contributed by atoms with Crippen molar-refractivity contribution in [2.75, 3.05) is 31.7 Å². The number of carbonyl (C=O) groups is 1. The molecular weight excluding hydrogens is 342 g/mol. The molecule has 0 saturated carbocycles. The molecule has 7 nitrogen and oxygen atoms in total. The number of carbonyl (C=O) groups excluding carboxylic acids is 1. The van der Waals surface area contributed by atoms with Crippen LogP contribution in [0, 0.1) is 0 Å². The average Bonchev–Trinajstić information content (AvgIpc) is 3.14. The van der Waals surface area contributed by atoms with Crippen molar-refractivity contribution >= 4 is 22.9 Å². The maximum absolute atomic E-state index is 14.2. The van der Waals surface area contributed by atoms with Crippen LogP contribution in [0.3, 0.4) is 0 Å². The lowest BCUT2D eigenvalue weighted by atomic mass is 10.1. The summed E-state index contributed by atoms with van der Waals surface area (Å²) < 4.78 is 38.5. The lowest BCUT2D eigenvalue weighted by molar-refractivity contribution is -0.172. The van der Waals surface area contributed by atoms with E-state index in [1.54, 1.807) is 6.20 Å². The molecule has 128 valence electrons. The maximum atomic E-state index is 14.2. The number of ether oxygens (including phenoxy) is 2. The fourth-order valence-electron chi connectivity index (χ4n) is 2.99.